The normalized spacial score (nSPS) is 35.2. The van der Waals surface area contributed by atoms with Crippen LogP contribution in [0.15, 0.2) is 12.1 Å². The highest BCUT2D eigenvalue weighted by atomic mass is 16.7. The van der Waals surface area contributed by atoms with Crippen LogP contribution >= 0.6 is 0 Å². The van der Waals surface area contributed by atoms with Crippen LogP contribution in [-0.2, 0) is 16.8 Å². The number of phenolic OH excluding ortho intramolecular Hbond substituents is 2. The van der Waals surface area contributed by atoms with Crippen molar-refractivity contribution in [3.63, 3.8) is 0 Å². The number of nitrogens with zero attached hydrogens (tertiary/aromatic N) is 1. The van der Waals surface area contributed by atoms with Crippen LogP contribution in [0.3, 0.4) is 0 Å². The monoisotopic (exact) mass is 527 g/mol. The molecular formula is C27H29NO10. The van der Waals surface area contributed by atoms with Crippen LogP contribution in [0, 0.1) is 0 Å². The number of hydrogen-bond acceptors (Lipinski definition) is 11. The van der Waals surface area contributed by atoms with E-state index in [0.29, 0.717) is 5.56 Å². The van der Waals surface area contributed by atoms with E-state index in [2.05, 4.69) is 0 Å². The minimum absolute atomic E-state index is 0.0293. The molecule has 202 valence electrons. The van der Waals surface area contributed by atoms with Gasteiger partial charge in [0.15, 0.2) is 5.78 Å². The van der Waals surface area contributed by atoms with Crippen LogP contribution < -0.4 is 4.74 Å². The van der Waals surface area contributed by atoms with Crippen molar-refractivity contribution in [1.29, 1.82) is 0 Å². The Balaban J connectivity index is 1.58. The number of aliphatic hydroxyl groups is 4. The molecule has 7 atom stereocenters. The van der Waals surface area contributed by atoms with E-state index in [1.807, 2.05) is 0 Å². The Bertz CT molecular complexity index is 1430. The molecule has 38 heavy (non-hydrogen) atoms. The number of ketones is 2. The summed E-state index contributed by atoms with van der Waals surface area (Å²) in [6, 6.07) is 1.76. The predicted molar refractivity (Wildman–Crippen MR) is 129 cm³/mol. The number of ether oxygens (including phenoxy) is 2. The van der Waals surface area contributed by atoms with E-state index in [-0.39, 0.29) is 46.4 Å². The van der Waals surface area contributed by atoms with Crippen molar-refractivity contribution in [2.75, 3.05) is 14.1 Å². The summed E-state index contributed by atoms with van der Waals surface area (Å²) in [6.07, 6.45) is -5.22. The lowest BCUT2D eigenvalue weighted by Crippen LogP contribution is -2.68. The van der Waals surface area contributed by atoms with Gasteiger partial charge in [0.05, 0.1) is 34.4 Å². The Morgan fingerprint density at radius 3 is 2.34 bits per heavy atom. The molecule has 11 nitrogen and oxygen atoms in total. The first-order valence-corrected chi connectivity index (χ1v) is 12.3. The summed E-state index contributed by atoms with van der Waals surface area (Å²) < 4.78 is 11.8. The quantitative estimate of drug-likeness (QED) is 0.255. The van der Waals surface area contributed by atoms with E-state index < -0.39 is 70.5 Å². The van der Waals surface area contributed by atoms with Gasteiger partial charge in [-0.2, -0.15) is 0 Å². The Morgan fingerprint density at radius 2 is 1.68 bits per heavy atom. The SMILES string of the molecule is CN(C)[C@H]1[C@H](O)[C@@H]2Oc3c(cc(O)c4c3C(=O)c3cc5c(c(O)c3C4=O)[C@H](O)C[C@](C)(O)C5)[C@@](C)(O2)[C@@H]1O. The molecule has 6 N–H and O–H groups in total. The van der Waals surface area contributed by atoms with Crippen molar-refractivity contribution in [3.8, 4) is 17.2 Å². The number of aliphatic hydroxyl groups excluding tert-OH is 3. The van der Waals surface area contributed by atoms with Crippen LogP contribution in [-0.4, -0.2) is 91.3 Å². The summed E-state index contributed by atoms with van der Waals surface area (Å²) in [5.41, 5.74) is -3.51. The van der Waals surface area contributed by atoms with Gasteiger partial charge in [-0.15, -0.1) is 0 Å². The standard InChI is InChI=1S/C27H29NO10/c1-26(36)7-9-5-10-15(20(32)14(9)13(30)8-26)21(33)16-12(29)6-11-23(17(16)19(10)31)37-25-22(34)18(28(3)4)24(35)27(11,2)38-25/h5-6,13,18,22,24-25,29-30,32,34-36H,7-8H2,1-4H3/t13-,18+,22+,24-,25-,26-,27-/m1/s1. The Morgan fingerprint density at radius 1 is 1.00 bits per heavy atom. The van der Waals surface area contributed by atoms with Crippen LogP contribution in [0.4, 0.5) is 0 Å². The fourth-order valence-corrected chi connectivity index (χ4v) is 6.59. The largest absolute Gasteiger partial charge is 0.507 e. The van der Waals surface area contributed by atoms with Gasteiger partial charge >= 0.3 is 0 Å². The molecule has 1 fully saturated rings. The van der Waals surface area contributed by atoms with Gasteiger partial charge in [0.1, 0.15) is 35.1 Å². The van der Waals surface area contributed by atoms with Gasteiger partial charge in [-0.1, -0.05) is 0 Å². The van der Waals surface area contributed by atoms with Crippen molar-refractivity contribution in [2.24, 2.45) is 0 Å². The maximum atomic E-state index is 14.0. The molecule has 0 amide bonds. The number of carbonyl (C=O) groups is 2. The van der Waals surface area contributed by atoms with Crippen molar-refractivity contribution in [3.05, 3.63) is 51.1 Å². The highest BCUT2D eigenvalue weighted by Gasteiger charge is 2.59. The predicted octanol–water partition coefficient (Wildman–Crippen LogP) is 0.220. The molecule has 4 aliphatic rings. The van der Waals surface area contributed by atoms with Crippen molar-refractivity contribution >= 4 is 11.6 Å². The van der Waals surface area contributed by atoms with Gasteiger partial charge in [0.25, 0.3) is 0 Å². The summed E-state index contributed by atoms with van der Waals surface area (Å²) >= 11 is 0. The fourth-order valence-electron chi connectivity index (χ4n) is 6.59. The van der Waals surface area contributed by atoms with Crippen LogP contribution in [0.25, 0.3) is 0 Å². The summed E-state index contributed by atoms with van der Waals surface area (Å²) in [5, 5.41) is 65.4. The number of rotatable bonds is 1. The maximum Gasteiger partial charge on any atom is 0.228 e. The third-order valence-corrected chi connectivity index (χ3v) is 8.39. The third-order valence-electron chi connectivity index (χ3n) is 8.39. The van der Waals surface area contributed by atoms with E-state index in [9.17, 15) is 40.2 Å². The molecule has 2 bridgehead atoms. The maximum absolute atomic E-state index is 14.0. The molecule has 0 radical (unpaired) electrons. The minimum atomic E-state index is -1.51. The highest BCUT2D eigenvalue weighted by Crippen LogP contribution is 2.54. The lowest BCUT2D eigenvalue weighted by molar-refractivity contribution is -0.311. The number of likely N-dealkylation sites (N-methyl/N-ethyl adjacent to an activating group) is 1. The first-order valence-electron chi connectivity index (χ1n) is 12.3. The zero-order chi connectivity index (χ0) is 27.6. The minimum Gasteiger partial charge on any atom is -0.507 e. The van der Waals surface area contributed by atoms with E-state index in [0.717, 1.165) is 0 Å². The van der Waals surface area contributed by atoms with Crippen molar-refractivity contribution in [1.82, 2.24) is 4.90 Å². The lowest BCUT2D eigenvalue weighted by Gasteiger charge is -2.53. The zero-order valence-electron chi connectivity index (χ0n) is 21.2. The summed E-state index contributed by atoms with van der Waals surface area (Å²) in [4.78, 5) is 29.3. The number of aromatic hydroxyl groups is 2. The molecule has 11 heteroatoms. The van der Waals surface area contributed by atoms with Crippen LogP contribution in [0.1, 0.15) is 74.9 Å². The zero-order valence-corrected chi connectivity index (χ0v) is 21.2. The molecule has 0 saturated carbocycles. The molecule has 0 unspecified atom stereocenters. The molecule has 2 heterocycles. The van der Waals surface area contributed by atoms with E-state index in [4.69, 9.17) is 9.47 Å². The molecule has 2 aliphatic heterocycles. The molecule has 6 rings (SSSR count). The fraction of sp³-hybridized carbons (Fsp3) is 0.481. The number of phenols is 2. The average molecular weight is 528 g/mol. The third kappa shape index (κ3) is 3.11. The van der Waals surface area contributed by atoms with Gasteiger partial charge < -0.3 is 45.0 Å². The Hall–Kier alpha value is -3.06. The molecule has 2 aliphatic carbocycles. The number of carbonyl (C=O) groups excluding carboxylic acids is 2. The number of benzene rings is 2. The van der Waals surface area contributed by atoms with Gasteiger partial charge in [-0.25, -0.2) is 0 Å². The van der Waals surface area contributed by atoms with Crippen molar-refractivity contribution < 1.29 is 49.7 Å². The molecular weight excluding hydrogens is 498 g/mol. The summed E-state index contributed by atoms with van der Waals surface area (Å²) in [5.74, 6) is -2.85. The molecule has 1 saturated heterocycles. The van der Waals surface area contributed by atoms with E-state index >= 15 is 0 Å². The smallest absolute Gasteiger partial charge is 0.228 e. The van der Waals surface area contributed by atoms with Crippen LogP contribution in [0.2, 0.25) is 0 Å². The highest BCUT2D eigenvalue weighted by molar-refractivity contribution is 6.31. The van der Waals surface area contributed by atoms with E-state index in [1.165, 1.54) is 19.1 Å². The lowest BCUT2D eigenvalue weighted by atomic mass is 9.72. The first kappa shape index (κ1) is 25.2. The Kier molecular flexibility index (Phi) is 5.14. The second kappa shape index (κ2) is 7.75. The average Bonchev–Trinajstić information content (AvgIpc) is 2.80. The second-order valence-corrected chi connectivity index (χ2v) is 11.4. The summed E-state index contributed by atoms with van der Waals surface area (Å²) in [7, 11) is 3.35. The molecule has 0 spiro atoms. The number of fused-ring (bicyclic) bond motifs is 8. The molecule has 2 aromatic carbocycles. The molecule has 2 aromatic rings. The Labute approximate surface area is 217 Å². The van der Waals surface area contributed by atoms with E-state index in [1.54, 1.807) is 25.9 Å². The van der Waals surface area contributed by atoms with Gasteiger partial charge in [0.2, 0.25) is 12.1 Å². The summed E-state index contributed by atoms with van der Waals surface area (Å²) in [6.45, 7) is 3.08. The van der Waals surface area contributed by atoms with Gasteiger partial charge in [-0.3, -0.25) is 9.59 Å². The first-order chi connectivity index (χ1) is 17.7. The van der Waals surface area contributed by atoms with Gasteiger partial charge in [0, 0.05) is 29.5 Å². The number of hydrogen-bond donors (Lipinski definition) is 6. The molecule has 0 aromatic heterocycles. The van der Waals surface area contributed by atoms with Gasteiger partial charge in [-0.05, 0) is 45.6 Å². The van der Waals surface area contributed by atoms with Crippen LogP contribution in [0.5, 0.6) is 17.2 Å². The second-order valence-electron chi connectivity index (χ2n) is 11.4. The van der Waals surface area contributed by atoms with Crippen molar-refractivity contribution in [2.45, 2.75) is 68.5 Å². The topological polar surface area (TPSA) is 177 Å².